The number of ether oxygens (including phenoxy) is 3. The summed E-state index contributed by atoms with van der Waals surface area (Å²) in [4.78, 5) is 12.0. The summed E-state index contributed by atoms with van der Waals surface area (Å²) in [6.45, 7) is 0. The molecule has 0 unspecified atom stereocenters. The molecular weight excluding hydrogens is 458 g/mol. The Hall–Kier alpha value is -4.09. The number of hydrogen-bond acceptors (Lipinski definition) is 4. The zero-order valence-electron chi connectivity index (χ0n) is 16.3. The van der Waals surface area contributed by atoms with Crippen LogP contribution in [0.5, 0.6) is 23.0 Å². The predicted octanol–water partition coefficient (Wildman–Crippen LogP) is 6.92. The molecule has 0 aromatic heterocycles. The fourth-order valence-corrected chi connectivity index (χ4v) is 2.49. The average Bonchev–Trinajstić information content (AvgIpc) is 2.70. The highest BCUT2D eigenvalue weighted by atomic mass is 19.4. The van der Waals surface area contributed by atoms with Gasteiger partial charge in [0.2, 0.25) is 0 Å². The lowest BCUT2D eigenvalue weighted by atomic mass is 10.3. The Labute approximate surface area is 182 Å². The fourth-order valence-electron chi connectivity index (χ4n) is 2.49. The third-order valence-electron chi connectivity index (χ3n) is 3.75. The molecule has 6 nitrogen and oxygen atoms in total. The molecule has 0 aliphatic rings. The number of benzene rings is 3. The summed E-state index contributed by atoms with van der Waals surface area (Å²) >= 11 is 0. The third-order valence-corrected chi connectivity index (χ3v) is 3.75. The topological polar surface area (TPSA) is 68.8 Å². The lowest BCUT2D eigenvalue weighted by Crippen LogP contribution is -2.19. The quantitative estimate of drug-likeness (QED) is 0.382. The van der Waals surface area contributed by atoms with E-state index in [0.29, 0.717) is 11.4 Å². The summed E-state index contributed by atoms with van der Waals surface area (Å²) < 4.78 is 86.0. The lowest BCUT2D eigenvalue weighted by Gasteiger charge is -2.11. The molecule has 2 amide bonds. The molecule has 174 valence electrons. The van der Waals surface area contributed by atoms with Gasteiger partial charge < -0.3 is 24.8 Å². The van der Waals surface area contributed by atoms with Crippen LogP contribution >= 0.6 is 0 Å². The largest absolute Gasteiger partial charge is 0.573 e. The van der Waals surface area contributed by atoms with Crippen molar-refractivity contribution in [1.29, 1.82) is 0 Å². The first-order valence-corrected chi connectivity index (χ1v) is 9.03. The Balaban J connectivity index is 1.51. The summed E-state index contributed by atoms with van der Waals surface area (Å²) in [6, 6.07) is 14.8. The minimum absolute atomic E-state index is 0.236. The second-order valence-corrected chi connectivity index (χ2v) is 6.30. The number of amides is 2. The second kappa shape index (κ2) is 9.59. The molecule has 2 N–H and O–H groups in total. The molecule has 3 aromatic rings. The van der Waals surface area contributed by atoms with E-state index in [4.69, 9.17) is 4.74 Å². The number of carbonyl (C=O) groups excluding carboxylic acids is 1. The van der Waals surface area contributed by atoms with Gasteiger partial charge in [-0.05, 0) is 72.8 Å². The van der Waals surface area contributed by atoms with Gasteiger partial charge in [-0.3, -0.25) is 0 Å². The summed E-state index contributed by atoms with van der Waals surface area (Å²) in [5, 5.41) is 4.97. The van der Waals surface area contributed by atoms with Gasteiger partial charge in [-0.1, -0.05) is 0 Å². The van der Waals surface area contributed by atoms with Crippen molar-refractivity contribution >= 4 is 17.4 Å². The van der Waals surface area contributed by atoms with Crippen LogP contribution in [-0.2, 0) is 0 Å². The number of nitrogens with one attached hydrogen (secondary N) is 2. The van der Waals surface area contributed by atoms with Crippen LogP contribution < -0.4 is 24.8 Å². The highest BCUT2D eigenvalue weighted by Gasteiger charge is 2.31. The summed E-state index contributed by atoms with van der Waals surface area (Å²) in [5.74, 6) is -0.193. The standard InChI is InChI=1S/C21H14F6N2O4/c22-20(23,24)32-17-7-3-14(4-8-17)29-19(30)28-13-1-5-15(6-2-13)31-16-9-11-18(12-10-16)33-21(25,26)27/h1-12H,(H2,28,29,30). The summed E-state index contributed by atoms with van der Waals surface area (Å²) in [5.41, 5.74) is 0.616. The van der Waals surface area contributed by atoms with Crippen molar-refractivity contribution in [2.75, 3.05) is 10.6 Å². The van der Waals surface area contributed by atoms with Gasteiger partial charge in [0, 0.05) is 11.4 Å². The Morgan fingerprint density at radius 2 is 0.848 bits per heavy atom. The SMILES string of the molecule is O=C(Nc1ccc(Oc2ccc(OC(F)(F)F)cc2)cc1)Nc1ccc(OC(F)(F)F)cc1. The molecule has 0 atom stereocenters. The van der Waals surface area contributed by atoms with Crippen molar-refractivity contribution in [1.82, 2.24) is 0 Å². The van der Waals surface area contributed by atoms with Gasteiger partial charge in [0.15, 0.2) is 0 Å². The number of alkyl halides is 6. The van der Waals surface area contributed by atoms with Crippen molar-refractivity contribution in [3.8, 4) is 23.0 Å². The Morgan fingerprint density at radius 1 is 0.545 bits per heavy atom. The number of urea groups is 1. The van der Waals surface area contributed by atoms with Crippen LogP contribution in [0.1, 0.15) is 0 Å². The average molecular weight is 472 g/mol. The van der Waals surface area contributed by atoms with Crippen molar-refractivity contribution < 1.29 is 45.3 Å². The smallest absolute Gasteiger partial charge is 0.457 e. The number of carbonyl (C=O) groups is 1. The highest BCUT2D eigenvalue weighted by Crippen LogP contribution is 2.28. The molecule has 0 spiro atoms. The first kappa shape index (κ1) is 23.6. The molecule has 0 radical (unpaired) electrons. The molecule has 33 heavy (non-hydrogen) atoms. The zero-order chi connectivity index (χ0) is 24.1. The molecule has 12 heteroatoms. The van der Waals surface area contributed by atoms with Crippen molar-refractivity contribution in [3.63, 3.8) is 0 Å². The van der Waals surface area contributed by atoms with Crippen molar-refractivity contribution in [2.24, 2.45) is 0 Å². The third kappa shape index (κ3) is 8.16. The van der Waals surface area contributed by atoms with Crippen LogP contribution in [0.4, 0.5) is 42.5 Å². The minimum atomic E-state index is -4.81. The summed E-state index contributed by atoms with van der Waals surface area (Å²) in [7, 11) is 0. The first-order chi connectivity index (χ1) is 15.4. The van der Waals surface area contributed by atoms with Crippen molar-refractivity contribution in [2.45, 2.75) is 12.7 Å². The van der Waals surface area contributed by atoms with Gasteiger partial charge in [-0.15, -0.1) is 26.3 Å². The molecule has 0 bridgehead atoms. The van der Waals surface area contributed by atoms with Crippen LogP contribution in [0.15, 0.2) is 72.8 Å². The molecule has 0 fully saturated rings. The molecule has 0 saturated heterocycles. The van der Waals surface area contributed by atoms with Crippen LogP contribution in [0.3, 0.4) is 0 Å². The van der Waals surface area contributed by atoms with Gasteiger partial charge in [0.1, 0.15) is 23.0 Å². The number of halogens is 6. The maximum Gasteiger partial charge on any atom is 0.573 e. The Bertz CT molecular complexity index is 1070. The molecule has 0 heterocycles. The number of rotatable bonds is 6. The van der Waals surface area contributed by atoms with Crippen molar-refractivity contribution in [3.05, 3.63) is 72.8 Å². The van der Waals surface area contributed by atoms with Crippen LogP contribution in [0.25, 0.3) is 0 Å². The van der Waals surface area contributed by atoms with Crippen LogP contribution in [0.2, 0.25) is 0 Å². The maximum absolute atomic E-state index is 12.2. The number of anilines is 2. The van der Waals surface area contributed by atoms with Gasteiger partial charge in [-0.25, -0.2) is 4.79 Å². The van der Waals surface area contributed by atoms with Gasteiger partial charge in [0.25, 0.3) is 0 Å². The van der Waals surface area contributed by atoms with E-state index >= 15 is 0 Å². The zero-order valence-corrected chi connectivity index (χ0v) is 16.3. The minimum Gasteiger partial charge on any atom is -0.457 e. The van der Waals surface area contributed by atoms with Gasteiger partial charge >= 0.3 is 18.8 Å². The predicted molar refractivity (Wildman–Crippen MR) is 105 cm³/mol. The fraction of sp³-hybridized carbons (Fsp3) is 0.0952. The van der Waals surface area contributed by atoms with E-state index < -0.39 is 24.5 Å². The summed E-state index contributed by atoms with van der Waals surface area (Å²) in [6.07, 6.45) is -9.60. The van der Waals surface area contributed by atoms with Gasteiger partial charge in [0.05, 0.1) is 0 Å². The van der Waals surface area contributed by atoms with Gasteiger partial charge in [-0.2, -0.15) is 0 Å². The monoisotopic (exact) mass is 472 g/mol. The molecule has 3 aromatic carbocycles. The van der Waals surface area contributed by atoms with E-state index in [-0.39, 0.29) is 17.2 Å². The second-order valence-electron chi connectivity index (χ2n) is 6.30. The molecule has 0 saturated carbocycles. The van der Waals surface area contributed by atoms with E-state index in [9.17, 15) is 31.1 Å². The van der Waals surface area contributed by atoms with E-state index in [0.717, 1.165) is 24.3 Å². The van der Waals surface area contributed by atoms with E-state index in [1.807, 2.05) is 0 Å². The maximum atomic E-state index is 12.2. The molecule has 0 aliphatic carbocycles. The van der Waals surface area contributed by atoms with E-state index in [1.54, 1.807) is 0 Å². The Kier molecular flexibility index (Phi) is 6.85. The number of hydrogen-bond donors (Lipinski definition) is 2. The van der Waals surface area contributed by atoms with E-state index in [2.05, 4.69) is 20.1 Å². The van der Waals surface area contributed by atoms with Crippen LogP contribution in [0, 0.1) is 0 Å². The van der Waals surface area contributed by atoms with E-state index in [1.165, 1.54) is 48.5 Å². The first-order valence-electron chi connectivity index (χ1n) is 9.03. The highest BCUT2D eigenvalue weighted by molar-refractivity contribution is 5.99. The van der Waals surface area contributed by atoms with Crippen LogP contribution in [-0.4, -0.2) is 18.8 Å². The molecule has 3 rings (SSSR count). The molecular formula is C21H14F6N2O4. The Morgan fingerprint density at radius 3 is 1.21 bits per heavy atom. The molecule has 0 aliphatic heterocycles. The normalized spacial score (nSPS) is 11.5. The lowest BCUT2D eigenvalue weighted by molar-refractivity contribution is -0.275.